The number of rotatable bonds is 4. The minimum Gasteiger partial charge on any atom is -0.478 e. The van der Waals surface area contributed by atoms with E-state index in [4.69, 9.17) is 9.84 Å². The summed E-state index contributed by atoms with van der Waals surface area (Å²) in [6.45, 7) is 0. The van der Waals surface area contributed by atoms with Crippen LogP contribution in [0.1, 0.15) is 5.56 Å². The van der Waals surface area contributed by atoms with Crippen molar-refractivity contribution in [2.24, 2.45) is 0 Å². The predicted molar refractivity (Wildman–Crippen MR) is 85.0 cm³/mol. The minimum absolute atomic E-state index is 0.289. The van der Waals surface area contributed by atoms with Crippen LogP contribution in [-0.2, 0) is 4.79 Å². The van der Waals surface area contributed by atoms with E-state index in [-0.39, 0.29) is 10.3 Å². The highest BCUT2D eigenvalue weighted by atomic mass is 79.9. The van der Waals surface area contributed by atoms with Gasteiger partial charge < -0.3 is 9.84 Å². The summed E-state index contributed by atoms with van der Waals surface area (Å²) in [5.74, 6) is -0.539. The molecule has 0 heterocycles. The number of carbonyl (C=O) groups is 1. The second kappa shape index (κ2) is 6.87. The van der Waals surface area contributed by atoms with Crippen LogP contribution in [0.2, 0.25) is 0 Å². The first kappa shape index (κ1) is 15.7. The first-order chi connectivity index (χ1) is 9.95. The number of hydrogen-bond acceptors (Lipinski definition) is 2. The molecule has 0 aromatic heterocycles. The fourth-order valence-corrected chi connectivity index (χ4v) is 2.26. The van der Waals surface area contributed by atoms with E-state index in [9.17, 15) is 9.18 Å². The molecule has 0 amide bonds. The molecule has 2 aromatic rings. The maximum Gasteiger partial charge on any atom is 0.328 e. The first-order valence-electron chi connectivity index (χ1n) is 5.79. The van der Waals surface area contributed by atoms with Crippen molar-refractivity contribution >= 4 is 43.9 Å². The van der Waals surface area contributed by atoms with Gasteiger partial charge in [-0.05, 0) is 52.3 Å². The van der Waals surface area contributed by atoms with Crippen LogP contribution in [0.3, 0.4) is 0 Å². The molecule has 2 rings (SSSR count). The molecule has 0 spiro atoms. The van der Waals surface area contributed by atoms with Crippen LogP contribution < -0.4 is 4.74 Å². The predicted octanol–water partition coefficient (Wildman–Crippen LogP) is 5.24. The molecule has 0 aliphatic carbocycles. The van der Waals surface area contributed by atoms with Crippen LogP contribution in [-0.4, -0.2) is 11.1 Å². The van der Waals surface area contributed by atoms with Crippen molar-refractivity contribution in [3.63, 3.8) is 0 Å². The van der Waals surface area contributed by atoms with Crippen LogP contribution in [0.5, 0.6) is 11.5 Å². The van der Waals surface area contributed by atoms with Gasteiger partial charge in [-0.2, -0.15) is 0 Å². The van der Waals surface area contributed by atoms with E-state index < -0.39 is 5.97 Å². The van der Waals surface area contributed by atoms with Gasteiger partial charge in [0.05, 0.1) is 4.47 Å². The molecule has 0 fully saturated rings. The molecule has 0 radical (unpaired) electrons. The summed E-state index contributed by atoms with van der Waals surface area (Å²) in [6.07, 6.45) is 2.46. The summed E-state index contributed by atoms with van der Waals surface area (Å²) in [5, 5.41) is 8.69. The number of carboxylic acids is 1. The Morgan fingerprint density at radius 3 is 2.62 bits per heavy atom. The van der Waals surface area contributed by atoms with Crippen LogP contribution in [0.15, 0.2) is 51.4 Å². The molecule has 2 aromatic carbocycles. The monoisotopic (exact) mass is 414 g/mol. The third-order valence-electron chi connectivity index (χ3n) is 2.50. The van der Waals surface area contributed by atoms with Crippen molar-refractivity contribution in [2.45, 2.75) is 0 Å². The van der Waals surface area contributed by atoms with E-state index in [0.29, 0.717) is 17.1 Å². The molecule has 3 nitrogen and oxygen atoms in total. The second-order valence-corrected chi connectivity index (χ2v) is 5.80. The maximum atomic E-state index is 13.2. The highest BCUT2D eigenvalue weighted by molar-refractivity contribution is 9.10. The summed E-state index contributed by atoms with van der Waals surface area (Å²) >= 11 is 6.41. The third-order valence-corrected chi connectivity index (χ3v) is 3.60. The Balaban J connectivity index is 2.35. The lowest BCUT2D eigenvalue weighted by Crippen LogP contribution is -1.90. The Labute approximate surface area is 137 Å². The SMILES string of the molecule is O=C(O)/C=C/c1ccc(Br)cc1Oc1ccc(F)c(Br)c1. The fraction of sp³-hybridized carbons (Fsp3) is 0. The summed E-state index contributed by atoms with van der Waals surface area (Å²) < 4.78 is 20.0. The van der Waals surface area contributed by atoms with E-state index in [1.54, 1.807) is 18.2 Å². The van der Waals surface area contributed by atoms with Gasteiger partial charge in [0, 0.05) is 16.1 Å². The molecular weight excluding hydrogens is 407 g/mol. The number of ether oxygens (including phenoxy) is 1. The molecule has 0 saturated carbocycles. The van der Waals surface area contributed by atoms with Gasteiger partial charge in [0.25, 0.3) is 0 Å². The Kier molecular flexibility index (Phi) is 5.14. The zero-order chi connectivity index (χ0) is 15.4. The Hall–Kier alpha value is -1.66. The molecule has 0 saturated heterocycles. The summed E-state index contributed by atoms with van der Waals surface area (Å²) in [7, 11) is 0. The minimum atomic E-state index is -1.05. The fourth-order valence-electron chi connectivity index (χ4n) is 1.56. The van der Waals surface area contributed by atoms with Gasteiger partial charge in [-0.25, -0.2) is 9.18 Å². The van der Waals surface area contributed by atoms with Gasteiger partial charge in [-0.1, -0.05) is 22.0 Å². The maximum absolute atomic E-state index is 13.2. The number of halogens is 3. The number of hydrogen-bond donors (Lipinski definition) is 1. The highest BCUT2D eigenvalue weighted by Gasteiger charge is 2.07. The summed E-state index contributed by atoms with van der Waals surface area (Å²) in [4.78, 5) is 10.6. The standard InChI is InChI=1S/C15H9Br2FO3/c16-10-3-1-9(2-6-15(19)20)14(7-10)21-11-4-5-13(18)12(17)8-11/h1-8H,(H,19,20)/b6-2+. The zero-order valence-corrected chi connectivity index (χ0v) is 13.7. The van der Waals surface area contributed by atoms with Crippen molar-refractivity contribution in [2.75, 3.05) is 0 Å². The average molecular weight is 416 g/mol. The molecule has 1 N–H and O–H groups in total. The molecule has 0 bridgehead atoms. The lowest BCUT2D eigenvalue weighted by molar-refractivity contribution is -0.131. The first-order valence-corrected chi connectivity index (χ1v) is 7.38. The van der Waals surface area contributed by atoms with Gasteiger partial charge in [0.1, 0.15) is 17.3 Å². The molecule has 6 heteroatoms. The number of aliphatic carboxylic acids is 1. The van der Waals surface area contributed by atoms with Crippen LogP contribution >= 0.6 is 31.9 Å². The number of benzene rings is 2. The van der Waals surface area contributed by atoms with Crippen LogP contribution in [0, 0.1) is 5.82 Å². The van der Waals surface area contributed by atoms with E-state index in [1.165, 1.54) is 24.3 Å². The highest BCUT2D eigenvalue weighted by Crippen LogP contribution is 2.31. The lowest BCUT2D eigenvalue weighted by atomic mass is 10.2. The van der Waals surface area contributed by atoms with E-state index in [1.807, 2.05) is 0 Å². The molecule has 0 unspecified atom stereocenters. The smallest absolute Gasteiger partial charge is 0.328 e. The quantitative estimate of drug-likeness (QED) is 0.694. The Bertz CT molecular complexity index is 714. The topological polar surface area (TPSA) is 46.5 Å². The largest absolute Gasteiger partial charge is 0.478 e. The van der Waals surface area contributed by atoms with Crippen molar-refractivity contribution in [1.82, 2.24) is 0 Å². The summed E-state index contributed by atoms with van der Waals surface area (Å²) in [6, 6.07) is 9.47. The lowest BCUT2D eigenvalue weighted by Gasteiger charge is -2.10. The van der Waals surface area contributed by atoms with E-state index >= 15 is 0 Å². The van der Waals surface area contributed by atoms with Crippen molar-refractivity contribution in [1.29, 1.82) is 0 Å². The van der Waals surface area contributed by atoms with Crippen LogP contribution in [0.25, 0.3) is 6.08 Å². The van der Waals surface area contributed by atoms with Crippen LogP contribution in [0.4, 0.5) is 4.39 Å². The van der Waals surface area contributed by atoms with E-state index in [0.717, 1.165) is 10.5 Å². The molecule has 108 valence electrons. The average Bonchev–Trinajstić information content (AvgIpc) is 2.42. The van der Waals surface area contributed by atoms with E-state index in [2.05, 4.69) is 31.9 Å². The van der Waals surface area contributed by atoms with Gasteiger partial charge in [-0.3, -0.25) is 0 Å². The zero-order valence-electron chi connectivity index (χ0n) is 10.5. The summed E-state index contributed by atoms with van der Waals surface area (Å²) in [5.41, 5.74) is 0.598. The third kappa shape index (κ3) is 4.41. The van der Waals surface area contributed by atoms with Gasteiger partial charge in [0.15, 0.2) is 0 Å². The molecule has 0 atom stereocenters. The molecule has 0 aliphatic rings. The van der Waals surface area contributed by atoms with Gasteiger partial charge in [0.2, 0.25) is 0 Å². The van der Waals surface area contributed by atoms with Crippen molar-refractivity contribution in [3.8, 4) is 11.5 Å². The molecular formula is C15H9Br2FO3. The van der Waals surface area contributed by atoms with Gasteiger partial charge >= 0.3 is 5.97 Å². The van der Waals surface area contributed by atoms with Gasteiger partial charge in [-0.15, -0.1) is 0 Å². The second-order valence-electron chi connectivity index (χ2n) is 4.03. The Morgan fingerprint density at radius 2 is 1.95 bits per heavy atom. The molecule has 21 heavy (non-hydrogen) atoms. The number of carboxylic acid groups (broad SMARTS) is 1. The molecule has 0 aliphatic heterocycles. The Morgan fingerprint density at radius 1 is 1.19 bits per heavy atom. The van der Waals surface area contributed by atoms with Crippen molar-refractivity contribution < 1.29 is 19.0 Å². The normalized spacial score (nSPS) is 10.8. The van der Waals surface area contributed by atoms with Crippen molar-refractivity contribution in [3.05, 3.63) is 62.8 Å².